The molecule has 0 aliphatic rings. The Hall–Kier alpha value is -5.11. The van der Waals surface area contributed by atoms with Crippen LogP contribution in [-0.4, -0.2) is 136 Å². The molecule has 0 aromatic heterocycles. The van der Waals surface area contributed by atoms with Crippen molar-refractivity contribution < 1.29 is 66.7 Å². The summed E-state index contributed by atoms with van der Waals surface area (Å²) in [4.78, 5) is 82.9. The number of carbonyl (C=O) groups is 7. The molecule has 270 valence electrons. The second-order valence-electron chi connectivity index (χ2n) is 9.74. The molecular weight excluding hydrogens is 634 g/mol. The third kappa shape index (κ3) is 20.5. The Balaban J connectivity index is 5.15. The zero-order valence-corrected chi connectivity index (χ0v) is 27.4. The summed E-state index contributed by atoms with van der Waals surface area (Å²) >= 11 is 0. The molecule has 0 rings (SSSR count). The average molecular weight is 682 g/mol. The first kappa shape index (κ1) is 41.9. The van der Waals surface area contributed by atoms with Crippen LogP contribution in [0.3, 0.4) is 0 Å². The summed E-state index contributed by atoms with van der Waals surface area (Å²) < 4.78 is 35.8. The minimum absolute atomic E-state index is 0.130. The third-order valence-corrected chi connectivity index (χ3v) is 5.80. The first-order valence-electron chi connectivity index (χ1n) is 14.4. The molecule has 0 heterocycles. The SMILES string of the molecule is CNC(=O)OCCCCC(COC(=O)NC)OC(=O)N[C@H](C)CNC(=O)OCC(COC(=O)NC)(COC(=O)NC)COC(=O)NC. The highest BCUT2D eigenvalue weighted by molar-refractivity contribution is 5.70. The van der Waals surface area contributed by atoms with Crippen LogP contribution in [0.1, 0.15) is 26.2 Å². The predicted molar refractivity (Wildman–Crippen MR) is 161 cm³/mol. The van der Waals surface area contributed by atoms with Gasteiger partial charge in [-0.25, -0.2) is 33.6 Å². The lowest BCUT2D eigenvalue weighted by Gasteiger charge is -2.31. The summed E-state index contributed by atoms with van der Waals surface area (Å²) in [6, 6.07) is -0.675. The van der Waals surface area contributed by atoms with Crippen molar-refractivity contribution in [1.29, 1.82) is 0 Å². The monoisotopic (exact) mass is 681 g/mol. The van der Waals surface area contributed by atoms with Gasteiger partial charge in [0.2, 0.25) is 0 Å². The van der Waals surface area contributed by atoms with Crippen LogP contribution in [0, 0.1) is 5.41 Å². The van der Waals surface area contributed by atoms with E-state index in [9.17, 15) is 33.6 Å². The first-order chi connectivity index (χ1) is 22.3. The highest BCUT2D eigenvalue weighted by Gasteiger charge is 2.38. The van der Waals surface area contributed by atoms with Gasteiger partial charge in [0.25, 0.3) is 0 Å². The average Bonchev–Trinajstić information content (AvgIpc) is 3.07. The Labute approximate surface area is 272 Å². The van der Waals surface area contributed by atoms with E-state index in [-0.39, 0.29) is 19.8 Å². The Morgan fingerprint density at radius 3 is 1.45 bits per heavy atom. The van der Waals surface area contributed by atoms with Crippen LogP contribution in [0.25, 0.3) is 0 Å². The summed E-state index contributed by atoms with van der Waals surface area (Å²) in [5.41, 5.74) is -1.50. The normalized spacial score (nSPS) is 11.6. The second-order valence-corrected chi connectivity index (χ2v) is 9.74. The summed E-state index contributed by atoms with van der Waals surface area (Å²) in [6.45, 7) is -0.649. The summed E-state index contributed by atoms with van der Waals surface area (Å²) in [5.74, 6) is 0. The van der Waals surface area contributed by atoms with Crippen LogP contribution >= 0.6 is 0 Å². The van der Waals surface area contributed by atoms with Crippen LogP contribution in [-0.2, 0) is 33.2 Å². The van der Waals surface area contributed by atoms with Gasteiger partial charge in [-0.05, 0) is 26.2 Å². The number of amides is 7. The minimum Gasteiger partial charge on any atom is -0.450 e. The molecule has 0 bridgehead atoms. The maximum absolute atomic E-state index is 12.5. The molecule has 21 heteroatoms. The Morgan fingerprint density at radius 1 is 0.553 bits per heavy atom. The van der Waals surface area contributed by atoms with Crippen molar-refractivity contribution >= 4 is 42.7 Å². The molecule has 0 aromatic carbocycles. The number of nitrogens with one attached hydrogen (secondary N) is 7. The number of hydrogen-bond donors (Lipinski definition) is 7. The Bertz CT molecular complexity index is 966. The van der Waals surface area contributed by atoms with Gasteiger partial charge in [0.1, 0.15) is 44.6 Å². The Morgan fingerprint density at radius 2 is 0.979 bits per heavy atom. The highest BCUT2D eigenvalue weighted by Crippen LogP contribution is 2.21. The number of alkyl carbamates (subject to hydrolysis) is 7. The van der Waals surface area contributed by atoms with Crippen LogP contribution in [0.4, 0.5) is 33.6 Å². The van der Waals surface area contributed by atoms with E-state index in [1.807, 2.05) is 0 Å². The zero-order valence-electron chi connectivity index (χ0n) is 27.4. The summed E-state index contributed by atoms with van der Waals surface area (Å²) in [5, 5.41) is 16.3. The van der Waals surface area contributed by atoms with Crippen molar-refractivity contribution in [2.75, 3.05) is 81.4 Å². The van der Waals surface area contributed by atoms with E-state index in [2.05, 4.69) is 37.2 Å². The molecule has 47 heavy (non-hydrogen) atoms. The third-order valence-electron chi connectivity index (χ3n) is 5.80. The van der Waals surface area contributed by atoms with Gasteiger partial charge in [-0.1, -0.05) is 0 Å². The number of ether oxygens (including phenoxy) is 7. The van der Waals surface area contributed by atoms with Gasteiger partial charge in [0, 0.05) is 47.8 Å². The number of carbonyl (C=O) groups excluding carboxylic acids is 7. The van der Waals surface area contributed by atoms with Gasteiger partial charge in [0.15, 0.2) is 0 Å². The maximum atomic E-state index is 12.5. The van der Waals surface area contributed by atoms with Gasteiger partial charge in [-0.15, -0.1) is 0 Å². The van der Waals surface area contributed by atoms with E-state index in [1.54, 1.807) is 6.92 Å². The lowest BCUT2D eigenvalue weighted by Crippen LogP contribution is -2.47. The van der Waals surface area contributed by atoms with Gasteiger partial charge < -0.3 is 70.4 Å². The van der Waals surface area contributed by atoms with E-state index < -0.39 is 86.6 Å². The smallest absolute Gasteiger partial charge is 0.407 e. The number of hydrogen-bond acceptors (Lipinski definition) is 14. The molecule has 7 N–H and O–H groups in total. The fraction of sp³-hybridized carbons (Fsp3) is 0.731. The van der Waals surface area contributed by atoms with E-state index in [0.717, 1.165) is 0 Å². The molecule has 1 unspecified atom stereocenters. The molecule has 0 aliphatic heterocycles. The summed E-state index contributed by atoms with van der Waals surface area (Å²) in [6.07, 6.45) is -5.24. The quantitative estimate of drug-likeness (QED) is 0.0706. The molecule has 2 atom stereocenters. The standard InChI is InChI=1S/C26H47N7O14/c1-17(33-25(40)47-18(12-42-20(35)28-3)9-7-8-10-41-19(34)27-2)11-32-24(39)46-16-26(13-43-21(36)29-4,14-44-22(37)30-5)15-45-23(38)31-6/h17-18H,7-16H2,1-6H3,(H,27,34)(H,28,35)(H,29,36)(H,30,37)(H,31,38)(H,32,39)(H,33,40)/t17-,18?/m1/s1. The van der Waals surface area contributed by atoms with Crippen LogP contribution in [0.5, 0.6) is 0 Å². The van der Waals surface area contributed by atoms with Crippen molar-refractivity contribution in [3.8, 4) is 0 Å². The van der Waals surface area contributed by atoms with E-state index in [0.29, 0.717) is 19.3 Å². The minimum atomic E-state index is -1.50. The van der Waals surface area contributed by atoms with Gasteiger partial charge in [0.05, 0.1) is 6.61 Å². The van der Waals surface area contributed by atoms with E-state index in [4.69, 9.17) is 33.2 Å². The predicted octanol–water partition coefficient (Wildman–Crippen LogP) is 0.133. The maximum Gasteiger partial charge on any atom is 0.407 e. The van der Waals surface area contributed by atoms with Gasteiger partial charge in [-0.2, -0.15) is 0 Å². The molecule has 0 aromatic rings. The largest absolute Gasteiger partial charge is 0.450 e. The second kappa shape index (κ2) is 24.2. The van der Waals surface area contributed by atoms with Crippen LogP contribution < -0.4 is 37.2 Å². The van der Waals surface area contributed by atoms with Gasteiger partial charge in [-0.3, -0.25) is 0 Å². The van der Waals surface area contributed by atoms with Crippen molar-refractivity contribution in [3.63, 3.8) is 0 Å². The zero-order chi connectivity index (χ0) is 35.7. The molecule has 0 saturated carbocycles. The molecular formula is C26H47N7O14. The highest BCUT2D eigenvalue weighted by atomic mass is 16.6. The van der Waals surface area contributed by atoms with E-state index >= 15 is 0 Å². The first-order valence-corrected chi connectivity index (χ1v) is 14.4. The van der Waals surface area contributed by atoms with Crippen molar-refractivity contribution in [2.45, 2.75) is 38.3 Å². The molecule has 0 spiro atoms. The Kier molecular flexibility index (Phi) is 21.5. The lowest BCUT2D eigenvalue weighted by atomic mass is 9.92. The van der Waals surface area contributed by atoms with Gasteiger partial charge >= 0.3 is 42.7 Å². The van der Waals surface area contributed by atoms with Crippen LogP contribution in [0.15, 0.2) is 0 Å². The molecule has 0 radical (unpaired) electrons. The van der Waals surface area contributed by atoms with Crippen molar-refractivity contribution in [2.24, 2.45) is 5.41 Å². The lowest BCUT2D eigenvalue weighted by molar-refractivity contribution is -0.0482. The van der Waals surface area contributed by atoms with Crippen molar-refractivity contribution in [1.82, 2.24) is 37.2 Å². The fourth-order valence-corrected chi connectivity index (χ4v) is 3.19. The van der Waals surface area contributed by atoms with Crippen molar-refractivity contribution in [3.05, 3.63) is 0 Å². The number of unbranched alkanes of at least 4 members (excludes halogenated alkanes) is 1. The molecule has 21 nitrogen and oxygen atoms in total. The van der Waals surface area contributed by atoms with Crippen LogP contribution in [0.2, 0.25) is 0 Å². The number of rotatable bonds is 19. The molecule has 0 saturated heterocycles. The molecule has 0 fully saturated rings. The topological polar surface area (TPSA) is 268 Å². The molecule has 7 amide bonds. The van der Waals surface area contributed by atoms with E-state index in [1.165, 1.54) is 35.2 Å². The fourth-order valence-electron chi connectivity index (χ4n) is 3.19. The summed E-state index contributed by atoms with van der Waals surface area (Å²) in [7, 11) is 6.74. The molecule has 0 aliphatic carbocycles.